The van der Waals surface area contributed by atoms with Crippen molar-refractivity contribution in [1.82, 2.24) is 0 Å². The minimum absolute atomic E-state index is 0.000406. The van der Waals surface area contributed by atoms with Crippen LogP contribution in [0.25, 0.3) is 0 Å². The molecule has 1 atom stereocenters. The Hall–Kier alpha value is -3.95. The molecule has 3 aromatic rings. The van der Waals surface area contributed by atoms with Crippen molar-refractivity contribution >= 4 is 17.6 Å². The van der Waals surface area contributed by atoms with Crippen molar-refractivity contribution in [3.63, 3.8) is 0 Å². The number of fused-ring (bicyclic) bond motifs is 1. The lowest BCUT2D eigenvalue weighted by atomic mass is 9.83. The van der Waals surface area contributed by atoms with E-state index in [0.29, 0.717) is 45.9 Å². The summed E-state index contributed by atoms with van der Waals surface area (Å²) in [4.78, 5) is 12.6. The molecule has 34 heavy (non-hydrogen) atoms. The van der Waals surface area contributed by atoms with Crippen LogP contribution in [0.15, 0.2) is 78.2 Å². The number of benzene rings is 3. The molecule has 1 heterocycles. The van der Waals surface area contributed by atoms with Gasteiger partial charge in [-0.15, -0.1) is 0 Å². The number of ether oxygens (including phenoxy) is 3. The third kappa shape index (κ3) is 5.00. The number of esters is 1. The van der Waals surface area contributed by atoms with Gasteiger partial charge in [0.05, 0.1) is 18.1 Å². The van der Waals surface area contributed by atoms with Crippen LogP contribution in [0, 0.1) is 17.2 Å². The Kier molecular flexibility index (Phi) is 6.76. The normalized spacial score (nSPS) is 14.7. The Morgan fingerprint density at radius 1 is 1.12 bits per heavy atom. The topological polar surface area (TPSA) is 94.6 Å². The smallest absolute Gasteiger partial charge is 0.343 e. The van der Waals surface area contributed by atoms with E-state index in [1.54, 1.807) is 54.6 Å². The average Bonchev–Trinajstić information content (AvgIpc) is 2.82. The van der Waals surface area contributed by atoms with Crippen molar-refractivity contribution in [2.24, 2.45) is 11.7 Å². The van der Waals surface area contributed by atoms with Gasteiger partial charge in [0.25, 0.3) is 0 Å². The molecule has 1 aliphatic heterocycles. The number of hydrogen-bond donors (Lipinski definition) is 1. The molecule has 1 aliphatic rings. The predicted octanol–water partition coefficient (Wildman–Crippen LogP) is 5.81. The first-order valence-electron chi connectivity index (χ1n) is 10.8. The molecule has 7 heteroatoms. The van der Waals surface area contributed by atoms with Gasteiger partial charge in [-0.3, -0.25) is 0 Å². The van der Waals surface area contributed by atoms with Gasteiger partial charge in [0.15, 0.2) is 0 Å². The van der Waals surface area contributed by atoms with Crippen LogP contribution in [0.5, 0.6) is 17.2 Å². The average molecular weight is 475 g/mol. The van der Waals surface area contributed by atoms with Crippen molar-refractivity contribution in [1.29, 1.82) is 5.26 Å². The summed E-state index contributed by atoms with van der Waals surface area (Å²) < 4.78 is 16.9. The quantitative estimate of drug-likeness (QED) is 0.357. The zero-order valence-electron chi connectivity index (χ0n) is 18.7. The van der Waals surface area contributed by atoms with Gasteiger partial charge >= 0.3 is 5.97 Å². The second-order valence-electron chi connectivity index (χ2n) is 8.30. The van der Waals surface area contributed by atoms with Crippen LogP contribution in [0.1, 0.15) is 41.3 Å². The van der Waals surface area contributed by atoms with Crippen molar-refractivity contribution < 1.29 is 19.0 Å². The van der Waals surface area contributed by atoms with Crippen molar-refractivity contribution in [3.05, 3.63) is 99.9 Å². The molecule has 0 radical (unpaired) electrons. The summed E-state index contributed by atoms with van der Waals surface area (Å²) in [6, 6.07) is 21.2. The van der Waals surface area contributed by atoms with Crippen LogP contribution in [0.4, 0.5) is 0 Å². The number of carbonyl (C=O) groups excluding carboxylic acids is 1. The minimum atomic E-state index is -0.515. The van der Waals surface area contributed by atoms with Crippen molar-refractivity contribution in [2.75, 3.05) is 6.61 Å². The summed E-state index contributed by atoms with van der Waals surface area (Å²) in [6.07, 6.45) is 0. The standard InChI is InChI=1S/C27H23ClN2O4/c1-16(2)15-32-20-8-6-17(7-9-20)27(31)33-21-10-11-22-24(13-21)34-26(30)23(14-29)25(22)18-4-3-5-19(28)12-18/h3-13,16,25H,15,30H2,1-2H3. The van der Waals surface area contributed by atoms with Gasteiger partial charge < -0.3 is 19.9 Å². The van der Waals surface area contributed by atoms with Crippen LogP contribution in [-0.2, 0) is 0 Å². The second kappa shape index (κ2) is 9.90. The Labute approximate surface area is 203 Å². The lowest BCUT2D eigenvalue weighted by Crippen LogP contribution is -2.21. The lowest BCUT2D eigenvalue weighted by molar-refractivity contribution is 0.0734. The van der Waals surface area contributed by atoms with E-state index in [0.717, 1.165) is 11.1 Å². The van der Waals surface area contributed by atoms with Gasteiger partial charge in [-0.1, -0.05) is 43.6 Å². The molecule has 0 fully saturated rings. The maximum absolute atomic E-state index is 12.6. The first-order valence-corrected chi connectivity index (χ1v) is 11.2. The molecule has 1 unspecified atom stereocenters. The molecular formula is C27H23ClN2O4. The van der Waals surface area contributed by atoms with Crippen LogP contribution in [-0.4, -0.2) is 12.6 Å². The van der Waals surface area contributed by atoms with Gasteiger partial charge in [0, 0.05) is 16.7 Å². The molecule has 0 amide bonds. The third-order valence-electron chi connectivity index (χ3n) is 5.26. The highest BCUT2D eigenvalue weighted by molar-refractivity contribution is 6.30. The molecular weight excluding hydrogens is 452 g/mol. The monoisotopic (exact) mass is 474 g/mol. The minimum Gasteiger partial charge on any atom is -0.493 e. The zero-order valence-corrected chi connectivity index (χ0v) is 19.5. The Balaban J connectivity index is 1.57. The number of carbonyl (C=O) groups is 1. The SMILES string of the molecule is CC(C)COc1ccc(C(=O)Oc2ccc3c(c2)OC(N)=C(C#N)C3c2cccc(Cl)c2)cc1. The van der Waals surface area contributed by atoms with E-state index in [9.17, 15) is 10.1 Å². The van der Waals surface area contributed by atoms with Gasteiger partial charge in [-0.05, 0) is 53.9 Å². The molecule has 4 rings (SSSR count). The summed E-state index contributed by atoms with van der Waals surface area (Å²) in [5.41, 5.74) is 8.26. The highest BCUT2D eigenvalue weighted by Gasteiger charge is 2.31. The van der Waals surface area contributed by atoms with E-state index in [1.807, 2.05) is 12.1 Å². The predicted molar refractivity (Wildman–Crippen MR) is 129 cm³/mol. The van der Waals surface area contributed by atoms with Crippen LogP contribution >= 0.6 is 11.6 Å². The number of allylic oxidation sites excluding steroid dienone is 1. The summed E-state index contributed by atoms with van der Waals surface area (Å²) in [5.74, 6) is 0.832. The molecule has 3 aromatic carbocycles. The number of nitrogens with two attached hydrogens (primary N) is 1. The summed E-state index contributed by atoms with van der Waals surface area (Å²) in [6.45, 7) is 4.73. The Morgan fingerprint density at radius 3 is 2.53 bits per heavy atom. The van der Waals surface area contributed by atoms with Gasteiger partial charge in [0.1, 0.15) is 28.9 Å². The van der Waals surface area contributed by atoms with E-state index in [2.05, 4.69) is 19.9 Å². The maximum atomic E-state index is 12.6. The van der Waals surface area contributed by atoms with E-state index < -0.39 is 11.9 Å². The van der Waals surface area contributed by atoms with E-state index >= 15 is 0 Å². The molecule has 0 bridgehead atoms. The summed E-state index contributed by atoms with van der Waals surface area (Å²) >= 11 is 6.17. The van der Waals surface area contributed by atoms with Crippen LogP contribution in [0.3, 0.4) is 0 Å². The molecule has 0 saturated heterocycles. The van der Waals surface area contributed by atoms with Crippen LogP contribution in [0.2, 0.25) is 5.02 Å². The third-order valence-corrected chi connectivity index (χ3v) is 5.49. The van der Waals surface area contributed by atoms with Gasteiger partial charge in [-0.2, -0.15) is 5.26 Å². The first-order chi connectivity index (χ1) is 16.4. The molecule has 0 aliphatic carbocycles. The Bertz CT molecular complexity index is 1290. The van der Waals surface area contributed by atoms with Gasteiger partial charge in [-0.25, -0.2) is 4.79 Å². The molecule has 0 aromatic heterocycles. The fraction of sp³-hybridized carbons (Fsp3) is 0.185. The molecule has 2 N–H and O–H groups in total. The van der Waals surface area contributed by atoms with E-state index in [-0.39, 0.29) is 5.88 Å². The lowest BCUT2D eigenvalue weighted by Gasteiger charge is -2.26. The highest BCUT2D eigenvalue weighted by Crippen LogP contribution is 2.43. The second-order valence-corrected chi connectivity index (χ2v) is 8.73. The molecule has 0 spiro atoms. The first kappa shape index (κ1) is 23.2. The summed E-state index contributed by atoms with van der Waals surface area (Å²) in [7, 11) is 0. The number of nitrogens with zero attached hydrogens (tertiary/aromatic N) is 1. The maximum Gasteiger partial charge on any atom is 0.343 e. The summed E-state index contributed by atoms with van der Waals surface area (Å²) in [5, 5.41) is 10.2. The van der Waals surface area contributed by atoms with Crippen LogP contribution < -0.4 is 19.9 Å². The van der Waals surface area contributed by atoms with Crippen molar-refractivity contribution in [2.45, 2.75) is 19.8 Å². The number of nitriles is 1. The number of hydrogen-bond acceptors (Lipinski definition) is 6. The van der Waals surface area contributed by atoms with Crippen molar-refractivity contribution in [3.8, 4) is 23.3 Å². The Morgan fingerprint density at radius 2 is 1.85 bits per heavy atom. The molecule has 172 valence electrons. The molecule has 0 saturated carbocycles. The zero-order chi connectivity index (χ0) is 24.2. The fourth-order valence-corrected chi connectivity index (χ4v) is 3.84. The highest BCUT2D eigenvalue weighted by atomic mass is 35.5. The fourth-order valence-electron chi connectivity index (χ4n) is 3.64. The van der Waals surface area contributed by atoms with E-state index in [1.165, 1.54) is 0 Å². The number of halogens is 1. The molecule has 6 nitrogen and oxygen atoms in total. The number of rotatable bonds is 6. The largest absolute Gasteiger partial charge is 0.493 e. The van der Waals surface area contributed by atoms with E-state index in [4.69, 9.17) is 31.5 Å². The van der Waals surface area contributed by atoms with Gasteiger partial charge in [0.2, 0.25) is 5.88 Å².